The van der Waals surface area contributed by atoms with Crippen LogP contribution in [-0.2, 0) is 64.9 Å². The van der Waals surface area contributed by atoms with Gasteiger partial charge in [0.25, 0.3) is 0 Å². The number of nitrogens with one attached hydrogen (secondary N) is 3. The Morgan fingerprint density at radius 3 is 2.55 bits per heavy atom. The number of aromatic hydroxyl groups is 3. The number of aliphatic hydroxyl groups excluding tert-OH is 2. The number of rotatable bonds is 12. The molecule has 0 radical (unpaired) electrons. The summed E-state index contributed by atoms with van der Waals surface area (Å²) in [4.78, 5) is 0. The molecule has 8 N–H and O–H groups in total. The van der Waals surface area contributed by atoms with E-state index < -0.39 is 12.2 Å². The maximum absolute atomic E-state index is 12.9. The minimum absolute atomic E-state index is 0.0141. The Morgan fingerprint density at radius 1 is 0.849 bits per heavy atom. The second kappa shape index (κ2) is 24.9. The second-order valence-corrected chi connectivity index (χ2v) is 28.8. The number of piperidine rings is 1. The molecule has 10 bridgehead atoms. The average Bonchev–Trinajstić information content (AvgIpc) is 1.17. The molecule has 11 atom stereocenters. The zero-order valence-electron chi connectivity index (χ0n) is 54.0. The highest BCUT2D eigenvalue weighted by Crippen LogP contribution is 2.64. The summed E-state index contributed by atoms with van der Waals surface area (Å²) in [5, 5.41) is 71.5. The maximum atomic E-state index is 12.9. The van der Waals surface area contributed by atoms with E-state index in [1.54, 1.807) is 31.4 Å². The van der Waals surface area contributed by atoms with Gasteiger partial charge in [-0.2, -0.15) is 0 Å². The molecule has 13 nitrogen and oxygen atoms in total. The van der Waals surface area contributed by atoms with Crippen molar-refractivity contribution in [1.82, 2.24) is 20.5 Å². The van der Waals surface area contributed by atoms with Gasteiger partial charge in [-0.1, -0.05) is 105 Å². The number of ether oxygens (including phenoxy) is 4. The van der Waals surface area contributed by atoms with Crippen molar-refractivity contribution in [2.75, 3.05) is 26.8 Å². The molecule has 0 amide bonds. The van der Waals surface area contributed by atoms with E-state index in [1.165, 1.54) is 47.1 Å². The number of hydrogen-bond donors (Lipinski definition) is 8. The number of dihydropyridines is 1. The molecule has 93 heavy (non-hydrogen) atoms. The van der Waals surface area contributed by atoms with Crippen molar-refractivity contribution in [1.29, 1.82) is 0 Å². The van der Waals surface area contributed by atoms with Crippen LogP contribution in [0.5, 0.6) is 23.0 Å². The van der Waals surface area contributed by atoms with Crippen LogP contribution in [0, 0.1) is 41.4 Å². The van der Waals surface area contributed by atoms with Crippen LogP contribution < -0.4 is 20.7 Å². The van der Waals surface area contributed by atoms with Crippen molar-refractivity contribution in [3.05, 3.63) is 187 Å². The Kier molecular flexibility index (Phi) is 16.3. The van der Waals surface area contributed by atoms with Crippen LogP contribution >= 0.6 is 0 Å². The SMILES string of the molecule is CCCNCC1=C[C@H]2CC[C@@H](CCc3ccc(O)c(Cc4cccc(O)c4)c3)C#CC3=C4CC[C@H](OC)NC4NC4=C3[C@@H]1O[C@@H]2C[C@H](O)[C@H]1C=Cc2c(c(CO)cc(O)c2OCc2cc([C@]35c6c7cccc6CC[C@H]3C3(CCCCC3)OC[C@H]5CC7)cc3cn4cc23)C1. The predicted molar refractivity (Wildman–Crippen MR) is 361 cm³/mol. The van der Waals surface area contributed by atoms with Gasteiger partial charge in [0.1, 0.15) is 42.4 Å². The predicted octanol–water partition coefficient (Wildman–Crippen LogP) is 12.6. The lowest BCUT2D eigenvalue weighted by atomic mass is 9.45. The zero-order valence-corrected chi connectivity index (χ0v) is 54.0. The van der Waals surface area contributed by atoms with Crippen LogP contribution in [0.3, 0.4) is 0 Å². The molecule has 5 aliphatic carbocycles. The molecule has 1 spiro atoms. The summed E-state index contributed by atoms with van der Waals surface area (Å²) in [6.07, 6.45) is 25.9. The van der Waals surface area contributed by atoms with Gasteiger partial charge < -0.3 is 59.7 Å². The van der Waals surface area contributed by atoms with E-state index in [1.807, 2.05) is 24.3 Å². The number of aromatic nitrogens is 1. The normalized spacial score (nSPS) is 29.0. The van der Waals surface area contributed by atoms with E-state index in [0.717, 1.165) is 163 Å². The van der Waals surface area contributed by atoms with E-state index in [2.05, 4.69) is 100 Å². The minimum Gasteiger partial charge on any atom is -0.508 e. The number of methoxy groups -OCH3 is 1. The Hall–Kier alpha value is -7.12. The fourth-order valence-electron chi connectivity index (χ4n) is 19.1. The minimum atomic E-state index is -0.807. The number of aliphatic hydroxyl groups is 2. The van der Waals surface area contributed by atoms with Gasteiger partial charge in [0.2, 0.25) is 0 Å². The van der Waals surface area contributed by atoms with E-state index in [4.69, 9.17) is 18.9 Å². The van der Waals surface area contributed by atoms with Gasteiger partial charge in [0.15, 0.2) is 11.5 Å². The van der Waals surface area contributed by atoms with Gasteiger partial charge in [-0.05, 0) is 199 Å². The first kappa shape index (κ1) is 60.8. The van der Waals surface area contributed by atoms with Gasteiger partial charge in [0.05, 0.1) is 31.0 Å². The van der Waals surface area contributed by atoms with Crippen molar-refractivity contribution in [3.8, 4) is 34.8 Å². The van der Waals surface area contributed by atoms with Gasteiger partial charge in [0, 0.05) is 95.5 Å². The molecule has 12 aliphatic rings. The third kappa shape index (κ3) is 10.8. The van der Waals surface area contributed by atoms with E-state index >= 15 is 0 Å². The van der Waals surface area contributed by atoms with E-state index in [0.29, 0.717) is 37.1 Å². The number of phenols is 3. The monoisotopic (exact) mass is 1250 g/mol. The third-order valence-electron chi connectivity index (χ3n) is 23.6. The Balaban J connectivity index is 0.909. The Bertz CT molecular complexity index is 4090. The first-order valence-electron chi connectivity index (χ1n) is 35.1. The molecule has 18 rings (SSSR count). The van der Waals surface area contributed by atoms with E-state index in [9.17, 15) is 25.5 Å². The summed E-state index contributed by atoms with van der Waals surface area (Å²) >= 11 is 0. The maximum Gasteiger partial charge on any atom is 0.168 e. The van der Waals surface area contributed by atoms with Gasteiger partial charge in [-0.15, -0.1) is 0 Å². The summed E-state index contributed by atoms with van der Waals surface area (Å²) in [7, 11) is 1.78. The standard InChI is InChI=1S/C80H90N4O9/c1-3-31-81-41-55-35-53-18-15-47(13-14-48-17-26-67(87)54(32-48)33-49-9-7-12-61(86)34-49)16-23-62-64-25-28-72(90-2)82-77(64)83-78-73(62)75(55)93-70(53)40-68(88)52-20-24-63-65(38-52)57(44-85)39-69(89)76(63)91-45-58-37-60(36-56-42-84(78)43-66(56)58)80-59-22-19-50-10-8-11-51(74(50)80)21-27-71(80)79(92-46-59)29-5-4-6-30-79/h7-12,17,20,24,26,32,34-37,39,42-43,47,52-53,59,68,70-72,75,77,81-83,85-89H,3-6,13-15,18-19,21-22,25,27-31,33,38,40-41,44-46H2,1-2H3/t47-,52+,53-,59-,68+,70-,71+,72+,75-,77?,80+/m1/s1. The van der Waals surface area contributed by atoms with Gasteiger partial charge >= 0.3 is 0 Å². The van der Waals surface area contributed by atoms with Crippen molar-refractivity contribution in [2.45, 2.75) is 184 Å². The van der Waals surface area contributed by atoms with Crippen LogP contribution in [0.15, 0.2) is 126 Å². The second-order valence-electron chi connectivity index (χ2n) is 28.8. The summed E-state index contributed by atoms with van der Waals surface area (Å²) in [6, 6.07) is 27.0. The van der Waals surface area contributed by atoms with Gasteiger partial charge in [-0.3, -0.25) is 5.32 Å². The zero-order chi connectivity index (χ0) is 63.1. The number of nitrogens with zero attached hydrogens (tertiary/aromatic N) is 1. The van der Waals surface area contributed by atoms with Crippen molar-refractivity contribution in [3.63, 3.8) is 0 Å². The average molecular weight is 1250 g/mol. The smallest absolute Gasteiger partial charge is 0.168 e. The summed E-state index contributed by atoms with van der Waals surface area (Å²) in [5.74, 6) is 9.89. The highest BCUT2D eigenvalue weighted by Gasteiger charge is 2.63. The molecule has 1 saturated carbocycles. The van der Waals surface area contributed by atoms with Crippen molar-refractivity contribution < 1.29 is 44.5 Å². The van der Waals surface area contributed by atoms with Crippen LogP contribution in [0.2, 0.25) is 0 Å². The quantitative estimate of drug-likeness (QED) is 0.0331. The first-order chi connectivity index (χ1) is 45.5. The molecule has 13 heteroatoms. The molecular formula is C80H90N4O9. The number of phenolic OH excluding ortho intramolecular Hbond substituents is 3. The van der Waals surface area contributed by atoms with E-state index in [-0.39, 0.29) is 89.6 Å². The lowest BCUT2D eigenvalue weighted by Gasteiger charge is -2.63. The molecule has 6 aromatic rings. The fraction of sp³-hybridized carbons (Fsp3) is 0.475. The van der Waals surface area contributed by atoms with Gasteiger partial charge in [-0.25, -0.2) is 0 Å². The number of hydrogen-bond acceptors (Lipinski definition) is 12. The molecule has 5 aromatic carbocycles. The number of aryl methyl sites for hydroxylation is 3. The highest BCUT2D eigenvalue weighted by molar-refractivity contribution is 5.89. The van der Waals surface area contributed by atoms with Crippen molar-refractivity contribution >= 4 is 22.7 Å². The first-order valence-corrected chi connectivity index (χ1v) is 35.1. The topological polar surface area (TPSA) is 179 Å². The van der Waals surface area contributed by atoms with Crippen molar-refractivity contribution in [2.24, 2.45) is 29.6 Å². The molecule has 1 aromatic heterocycles. The molecule has 8 heterocycles. The highest BCUT2D eigenvalue weighted by atomic mass is 16.5. The lowest BCUT2D eigenvalue weighted by Crippen LogP contribution is -2.64. The largest absolute Gasteiger partial charge is 0.508 e. The lowest BCUT2D eigenvalue weighted by molar-refractivity contribution is -0.193. The Labute approximate surface area is 547 Å². The summed E-state index contributed by atoms with van der Waals surface area (Å²) in [5.41, 5.74) is 15.7. The summed E-state index contributed by atoms with van der Waals surface area (Å²) < 4.78 is 30.9. The molecule has 7 aliphatic heterocycles. The molecule has 1 unspecified atom stereocenters. The molecular weight excluding hydrogens is 1160 g/mol. The summed E-state index contributed by atoms with van der Waals surface area (Å²) in [6.45, 7) is 4.31. The number of benzene rings is 5. The van der Waals surface area contributed by atoms with Crippen LogP contribution in [0.1, 0.15) is 158 Å². The fourth-order valence-corrected chi connectivity index (χ4v) is 19.1. The number of fused-ring (bicyclic) bond motifs is 7. The third-order valence-corrected chi connectivity index (χ3v) is 23.6. The van der Waals surface area contributed by atoms with Crippen LogP contribution in [0.4, 0.5) is 0 Å². The molecule has 484 valence electrons. The van der Waals surface area contributed by atoms with Crippen LogP contribution in [-0.4, -0.2) is 93.2 Å². The Morgan fingerprint density at radius 2 is 1.71 bits per heavy atom. The van der Waals surface area contributed by atoms with Crippen LogP contribution in [0.25, 0.3) is 22.7 Å². The molecule has 2 saturated heterocycles. The molecule has 3 fully saturated rings.